The molecule has 68 valence electrons. The van der Waals surface area contributed by atoms with Gasteiger partial charge in [0.2, 0.25) is 0 Å². The van der Waals surface area contributed by atoms with Crippen LogP contribution in [0.3, 0.4) is 0 Å². The van der Waals surface area contributed by atoms with Crippen LogP contribution >= 0.6 is 0 Å². The van der Waals surface area contributed by atoms with Crippen molar-refractivity contribution in [3.05, 3.63) is 11.8 Å². The maximum Gasteiger partial charge on any atom is 0.145 e. The summed E-state index contributed by atoms with van der Waals surface area (Å²) in [5.74, 6) is 0. The fourth-order valence-corrected chi connectivity index (χ4v) is 1.15. The fraction of sp³-hybridized carbons (Fsp3) is 0.556. The van der Waals surface area contributed by atoms with Crippen LogP contribution in [-0.2, 0) is 4.74 Å². The molecule has 1 rings (SSSR count). The zero-order valence-corrected chi connectivity index (χ0v) is 7.29. The van der Waals surface area contributed by atoms with Crippen LogP contribution in [0.5, 0.6) is 0 Å². The normalized spacial score (nSPS) is 16.8. The highest BCUT2D eigenvalue weighted by molar-refractivity contribution is 5.34. The standard InChI is InChI=1S/C9H11N3O/c10-5-8(6-11)7-12-9-1-3-13-4-2-9/h7,9,12H,1-4H2. The van der Waals surface area contributed by atoms with E-state index in [1.54, 1.807) is 12.1 Å². The maximum absolute atomic E-state index is 8.45. The van der Waals surface area contributed by atoms with Crippen molar-refractivity contribution in [3.8, 4) is 12.1 Å². The van der Waals surface area contributed by atoms with Crippen LogP contribution in [0.2, 0.25) is 0 Å². The molecule has 0 saturated carbocycles. The second-order valence-electron chi connectivity index (χ2n) is 2.83. The second kappa shape index (κ2) is 5.18. The Kier molecular flexibility index (Phi) is 3.81. The van der Waals surface area contributed by atoms with E-state index >= 15 is 0 Å². The molecule has 0 aromatic rings. The van der Waals surface area contributed by atoms with E-state index in [0.29, 0.717) is 6.04 Å². The summed E-state index contributed by atoms with van der Waals surface area (Å²) < 4.78 is 5.17. The Labute approximate surface area is 77.4 Å². The van der Waals surface area contributed by atoms with E-state index < -0.39 is 0 Å². The molecule has 0 amide bonds. The van der Waals surface area contributed by atoms with Gasteiger partial charge in [0.1, 0.15) is 17.7 Å². The first-order valence-corrected chi connectivity index (χ1v) is 4.21. The maximum atomic E-state index is 8.45. The number of rotatable bonds is 2. The summed E-state index contributed by atoms with van der Waals surface area (Å²) in [5.41, 5.74) is 0.117. The highest BCUT2D eigenvalue weighted by Crippen LogP contribution is 2.06. The Bertz CT molecular complexity index is 250. The van der Waals surface area contributed by atoms with E-state index in [9.17, 15) is 0 Å². The summed E-state index contributed by atoms with van der Waals surface area (Å²) in [4.78, 5) is 0. The van der Waals surface area contributed by atoms with Crippen LogP contribution in [0, 0.1) is 22.7 Å². The lowest BCUT2D eigenvalue weighted by Crippen LogP contribution is -2.31. The molecule has 1 N–H and O–H groups in total. The fourth-order valence-electron chi connectivity index (χ4n) is 1.15. The molecule has 1 aliphatic rings. The molecule has 1 saturated heterocycles. The summed E-state index contributed by atoms with van der Waals surface area (Å²) in [7, 11) is 0. The average Bonchev–Trinajstić information content (AvgIpc) is 2.21. The molecule has 0 bridgehead atoms. The minimum atomic E-state index is 0.117. The minimum Gasteiger partial charge on any atom is -0.386 e. The summed E-state index contributed by atoms with van der Waals surface area (Å²) in [5, 5.41) is 19.9. The van der Waals surface area contributed by atoms with Gasteiger partial charge >= 0.3 is 0 Å². The zero-order valence-electron chi connectivity index (χ0n) is 7.29. The molecule has 0 unspecified atom stereocenters. The monoisotopic (exact) mass is 177 g/mol. The van der Waals surface area contributed by atoms with Crippen molar-refractivity contribution in [2.24, 2.45) is 0 Å². The number of hydrogen-bond acceptors (Lipinski definition) is 4. The van der Waals surface area contributed by atoms with Gasteiger partial charge < -0.3 is 10.1 Å². The number of hydrogen-bond donors (Lipinski definition) is 1. The van der Waals surface area contributed by atoms with E-state index in [2.05, 4.69) is 5.32 Å². The van der Waals surface area contributed by atoms with Crippen molar-refractivity contribution in [2.75, 3.05) is 13.2 Å². The van der Waals surface area contributed by atoms with E-state index in [0.717, 1.165) is 26.1 Å². The van der Waals surface area contributed by atoms with Gasteiger partial charge in [-0.05, 0) is 12.8 Å². The summed E-state index contributed by atoms with van der Waals surface area (Å²) >= 11 is 0. The minimum absolute atomic E-state index is 0.117. The van der Waals surface area contributed by atoms with Crippen molar-refractivity contribution < 1.29 is 4.74 Å². The largest absolute Gasteiger partial charge is 0.386 e. The summed E-state index contributed by atoms with van der Waals surface area (Å²) in [6.45, 7) is 1.50. The zero-order chi connectivity index (χ0) is 9.52. The first-order valence-electron chi connectivity index (χ1n) is 4.21. The highest BCUT2D eigenvalue weighted by Gasteiger charge is 2.11. The molecule has 0 aliphatic carbocycles. The van der Waals surface area contributed by atoms with Gasteiger partial charge in [0.05, 0.1) is 0 Å². The SMILES string of the molecule is N#CC(C#N)=CNC1CCOCC1. The predicted molar refractivity (Wildman–Crippen MR) is 46.3 cm³/mol. The molecular formula is C9H11N3O. The highest BCUT2D eigenvalue weighted by atomic mass is 16.5. The quantitative estimate of drug-likeness (QED) is 0.630. The number of allylic oxidation sites excluding steroid dienone is 1. The van der Waals surface area contributed by atoms with Gasteiger partial charge in [-0.2, -0.15) is 10.5 Å². The first kappa shape index (κ1) is 9.57. The van der Waals surface area contributed by atoms with Crippen molar-refractivity contribution in [1.29, 1.82) is 10.5 Å². The Hall–Kier alpha value is -1.52. The van der Waals surface area contributed by atoms with E-state index in [-0.39, 0.29) is 5.57 Å². The molecule has 1 heterocycles. The first-order chi connectivity index (χ1) is 6.36. The predicted octanol–water partition coefficient (Wildman–Crippen LogP) is 0.686. The van der Waals surface area contributed by atoms with Crippen molar-refractivity contribution in [3.63, 3.8) is 0 Å². The number of ether oxygens (including phenoxy) is 1. The second-order valence-corrected chi connectivity index (χ2v) is 2.83. The molecule has 0 radical (unpaired) electrons. The van der Waals surface area contributed by atoms with Gasteiger partial charge in [-0.25, -0.2) is 0 Å². The van der Waals surface area contributed by atoms with Crippen LogP contribution in [-0.4, -0.2) is 19.3 Å². The molecule has 4 nitrogen and oxygen atoms in total. The molecule has 4 heteroatoms. The van der Waals surface area contributed by atoms with E-state index in [1.165, 1.54) is 6.20 Å². The Morgan fingerprint density at radius 2 is 1.92 bits per heavy atom. The van der Waals surface area contributed by atoms with Crippen LogP contribution in [0.15, 0.2) is 11.8 Å². The van der Waals surface area contributed by atoms with Crippen LogP contribution in [0.1, 0.15) is 12.8 Å². The third-order valence-electron chi connectivity index (χ3n) is 1.93. The Balaban J connectivity index is 2.37. The third-order valence-corrected chi connectivity index (χ3v) is 1.93. The van der Waals surface area contributed by atoms with Crippen LogP contribution < -0.4 is 5.32 Å². The molecule has 0 atom stereocenters. The molecular weight excluding hydrogens is 166 g/mol. The van der Waals surface area contributed by atoms with Gasteiger partial charge in [0.15, 0.2) is 0 Å². The lowest BCUT2D eigenvalue weighted by Gasteiger charge is -2.21. The molecule has 1 fully saturated rings. The number of nitriles is 2. The van der Waals surface area contributed by atoms with Crippen molar-refractivity contribution >= 4 is 0 Å². The molecule has 13 heavy (non-hydrogen) atoms. The Morgan fingerprint density at radius 1 is 1.31 bits per heavy atom. The van der Waals surface area contributed by atoms with Crippen LogP contribution in [0.25, 0.3) is 0 Å². The smallest absolute Gasteiger partial charge is 0.145 e. The number of nitrogens with zero attached hydrogens (tertiary/aromatic N) is 2. The third kappa shape index (κ3) is 3.14. The Morgan fingerprint density at radius 3 is 2.46 bits per heavy atom. The summed E-state index contributed by atoms with van der Waals surface area (Å²) in [6.07, 6.45) is 3.34. The van der Waals surface area contributed by atoms with Gasteiger partial charge in [-0.1, -0.05) is 0 Å². The van der Waals surface area contributed by atoms with E-state index in [4.69, 9.17) is 15.3 Å². The van der Waals surface area contributed by atoms with E-state index in [1.807, 2.05) is 0 Å². The van der Waals surface area contributed by atoms with Gasteiger partial charge in [0, 0.05) is 25.5 Å². The van der Waals surface area contributed by atoms with Crippen molar-refractivity contribution in [1.82, 2.24) is 5.32 Å². The number of nitrogens with one attached hydrogen (secondary N) is 1. The van der Waals surface area contributed by atoms with Crippen LogP contribution in [0.4, 0.5) is 0 Å². The van der Waals surface area contributed by atoms with Gasteiger partial charge in [-0.15, -0.1) is 0 Å². The lowest BCUT2D eigenvalue weighted by molar-refractivity contribution is 0.0812. The van der Waals surface area contributed by atoms with Gasteiger partial charge in [0.25, 0.3) is 0 Å². The van der Waals surface area contributed by atoms with Gasteiger partial charge in [-0.3, -0.25) is 0 Å². The average molecular weight is 177 g/mol. The lowest BCUT2D eigenvalue weighted by atomic mass is 10.1. The molecule has 0 spiro atoms. The van der Waals surface area contributed by atoms with Crippen molar-refractivity contribution in [2.45, 2.75) is 18.9 Å². The molecule has 1 aliphatic heterocycles. The summed E-state index contributed by atoms with van der Waals surface area (Å²) in [6, 6.07) is 3.93. The molecule has 0 aromatic heterocycles. The molecule has 0 aromatic carbocycles. The topological polar surface area (TPSA) is 68.8 Å².